The van der Waals surface area contributed by atoms with Gasteiger partial charge in [-0.3, -0.25) is 10.1 Å². The lowest BCUT2D eigenvalue weighted by Crippen LogP contribution is -2.24. The van der Waals surface area contributed by atoms with Gasteiger partial charge in [-0.15, -0.1) is 0 Å². The van der Waals surface area contributed by atoms with Crippen molar-refractivity contribution < 1.29 is 24.2 Å². The smallest absolute Gasteiger partial charge is 0.411 e. The van der Waals surface area contributed by atoms with Gasteiger partial charge in [0.05, 0.1) is 12.2 Å². The van der Waals surface area contributed by atoms with Crippen LogP contribution in [0.3, 0.4) is 0 Å². The van der Waals surface area contributed by atoms with Crippen LogP contribution in [0.2, 0.25) is 0 Å². The van der Waals surface area contributed by atoms with E-state index in [0.717, 1.165) is 22.3 Å². The molecule has 3 aromatic rings. The maximum atomic E-state index is 12.5. The summed E-state index contributed by atoms with van der Waals surface area (Å²) in [6.07, 6.45) is -0.608. The normalized spacial score (nSPS) is 11.4. The lowest BCUT2D eigenvalue weighted by atomic mass is 9.98. The van der Waals surface area contributed by atoms with Gasteiger partial charge in [0.25, 0.3) is 5.91 Å². The van der Waals surface area contributed by atoms with E-state index in [2.05, 4.69) is 56.7 Å². The maximum Gasteiger partial charge on any atom is 0.411 e. The van der Waals surface area contributed by atoms with Gasteiger partial charge < -0.3 is 15.2 Å². The first-order valence-electron chi connectivity index (χ1n) is 10.4. The third-order valence-corrected chi connectivity index (χ3v) is 6.00. The molecule has 0 unspecified atom stereocenters. The number of ether oxygens (including phenoxy) is 1. The number of carboxylic acids is 1. The van der Waals surface area contributed by atoms with Crippen molar-refractivity contribution in [1.82, 2.24) is 5.32 Å². The summed E-state index contributed by atoms with van der Waals surface area (Å²) in [5.74, 6) is 2.51. The number of hydrogen-bond donors (Lipinski definition) is 3. The van der Waals surface area contributed by atoms with Crippen LogP contribution in [0.1, 0.15) is 27.4 Å². The first-order chi connectivity index (χ1) is 16.4. The number of rotatable bonds is 5. The highest BCUT2D eigenvalue weighted by Gasteiger charge is 2.29. The molecule has 0 spiro atoms. The Hall–Kier alpha value is -4.09. The SMILES string of the molecule is O=C(O)C#CCNC(=O)c1ccc(NC(=O)OCC2c3ccccc3-c3ccccc32)c(Br)c1. The summed E-state index contributed by atoms with van der Waals surface area (Å²) >= 11 is 3.35. The van der Waals surface area contributed by atoms with Crippen LogP contribution in [0.5, 0.6) is 0 Å². The number of hydrogen-bond acceptors (Lipinski definition) is 4. The Morgan fingerprint density at radius 3 is 2.24 bits per heavy atom. The Bertz CT molecular complexity index is 1300. The summed E-state index contributed by atoms with van der Waals surface area (Å²) in [6, 6.07) is 20.8. The van der Waals surface area contributed by atoms with Crippen molar-refractivity contribution in [1.29, 1.82) is 0 Å². The number of fused-ring (bicyclic) bond motifs is 3. The maximum absolute atomic E-state index is 12.5. The summed E-state index contributed by atoms with van der Waals surface area (Å²) in [4.78, 5) is 35.0. The predicted octanol–water partition coefficient (Wildman–Crippen LogP) is 4.63. The molecule has 0 heterocycles. The molecular formula is C26H19BrN2O5. The van der Waals surface area contributed by atoms with Crippen molar-refractivity contribution in [2.45, 2.75) is 5.92 Å². The molecule has 170 valence electrons. The number of carbonyl (C=O) groups excluding carboxylic acids is 2. The van der Waals surface area contributed by atoms with Crippen LogP contribution >= 0.6 is 15.9 Å². The van der Waals surface area contributed by atoms with E-state index in [9.17, 15) is 14.4 Å². The van der Waals surface area contributed by atoms with Gasteiger partial charge in [0.15, 0.2) is 0 Å². The van der Waals surface area contributed by atoms with E-state index in [1.165, 1.54) is 6.07 Å². The van der Waals surface area contributed by atoms with Crippen LogP contribution < -0.4 is 10.6 Å². The predicted molar refractivity (Wildman–Crippen MR) is 131 cm³/mol. The molecule has 34 heavy (non-hydrogen) atoms. The van der Waals surface area contributed by atoms with Crippen molar-refractivity contribution in [3.8, 4) is 23.0 Å². The Kier molecular flexibility index (Phi) is 6.95. The molecule has 0 saturated heterocycles. The van der Waals surface area contributed by atoms with Crippen molar-refractivity contribution in [2.24, 2.45) is 0 Å². The van der Waals surface area contributed by atoms with Crippen LogP contribution in [0, 0.1) is 11.8 Å². The van der Waals surface area contributed by atoms with E-state index < -0.39 is 18.0 Å². The average Bonchev–Trinajstić information content (AvgIpc) is 3.15. The van der Waals surface area contributed by atoms with E-state index in [1.54, 1.807) is 12.1 Å². The van der Waals surface area contributed by atoms with Crippen LogP contribution in [0.4, 0.5) is 10.5 Å². The zero-order valence-electron chi connectivity index (χ0n) is 17.8. The first-order valence-corrected chi connectivity index (χ1v) is 11.1. The molecule has 4 rings (SSSR count). The van der Waals surface area contributed by atoms with E-state index in [-0.39, 0.29) is 19.1 Å². The molecule has 0 radical (unpaired) electrons. The Morgan fingerprint density at radius 2 is 1.62 bits per heavy atom. The number of aliphatic carboxylic acids is 1. The third kappa shape index (κ3) is 5.11. The number of anilines is 1. The second-order valence-corrected chi connectivity index (χ2v) is 8.29. The van der Waals surface area contributed by atoms with Gasteiger partial charge in [-0.1, -0.05) is 54.5 Å². The Morgan fingerprint density at radius 1 is 0.971 bits per heavy atom. The van der Waals surface area contributed by atoms with E-state index in [0.29, 0.717) is 15.7 Å². The largest absolute Gasteiger partial charge is 0.472 e. The average molecular weight is 519 g/mol. The summed E-state index contributed by atoms with van der Waals surface area (Å²) in [5.41, 5.74) is 5.32. The minimum atomic E-state index is -1.26. The van der Waals surface area contributed by atoms with Gasteiger partial charge in [0.2, 0.25) is 0 Å². The van der Waals surface area contributed by atoms with Crippen molar-refractivity contribution in [2.75, 3.05) is 18.5 Å². The molecule has 0 atom stereocenters. The molecule has 8 heteroatoms. The highest BCUT2D eigenvalue weighted by molar-refractivity contribution is 9.10. The van der Waals surface area contributed by atoms with Crippen LogP contribution in [0.15, 0.2) is 71.2 Å². The van der Waals surface area contributed by atoms with E-state index in [1.807, 2.05) is 30.2 Å². The number of halogens is 1. The molecule has 7 nitrogen and oxygen atoms in total. The van der Waals surface area contributed by atoms with Gasteiger partial charge in [0, 0.05) is 21.9 Å². The number of nitrogens with one attached hydrogen (secondary N) is 2. The monoisotopic (exact) mass is 518 g/mol. The minimum Gasteiger partial charge on any atom is -0.472 e. The van der Waals surface area contributed by atoms with Gasteiger partial charge in [-0.25, -0.2) is 9.59 Å². The lowest BCUT2D eigenvalue weighted by molar-refractivity contribution is -0.130. The molecule has 0 bridgehead atoms. The van der Waals surface area contributed by atoms with Gasteiger partial charge in [-0.2, -0.15) is 0 Å². The summed E-state index contributed by atoms with van der Waals surface area (Å²) in [7, 11) is 0. The highest BCUT2D eigenvalue weighted by Crippen LogP contribution is 2.44. The summed E-state index contributed by atoms with van der Waals surface area (Å²) < 4.78 is 6.04. The molecule has 3 aromatic carbocycles. The molecule has 2 amide bonds. The van der Waals surface area contributed by atoms with E-state index in [4.69, 9.17) is 9.84 Å². The van der Waals surface area contributed by atoms with Gasteiger partial charge in [0.1, 0.15) is 6.61 Å². The van der Waals surface area contributed by atoms with Crippen molar-refractivity contribution in [3.05, 3.63) is 87.9 Å². The molecular weight excluding hydrogens is 500 g/mol. The molecule has 1 aliphatic carbocycles. The zero-order chi connectivity index (χ0) is 24.1. The molecule has 0 fully saturated rings. The summed E-state index contributed by atoms with van der Waals surface area (Å²) in [5, 5.41) is 13.7. The second-order valence-electron chi connectivity index (χ2n) is 7.43. The van der Waals surface area contributed by atoms with Crippen LogP contribution in [0.25, 0.3) is 11.1 Å². The fraction of sp³-hybridized carbons (Fsp3) is 0.115. The number of amides is 2. The van der Waals surface area contributed by atoms with Crippen molar-refractivity contribution in [3.63, 3.8) is 0 Å². The quantitative estimate of drug-likeness (QED) is 0.427. The highest BCUT2D eigenvalue weighted by atomic mass is 79.9. The lowest BCUT2D eigenvalue weighted by Gasteiger charge is -2.15. The second kappa shape index (κ2) is 10.2. The Labute approximate surface area is 204 Å². The fourth-order valence-electron chi connectivity index (χ4n) is 3.85. The number of benzene rings is 3. The minimum absolute atomic E-state index is 0.0445. The zero-order valence-corrected chi connectivity index (χ0v) is 19.4. The molecule has 0 aliphatic heterocycles. The summed E-state index contributed by atoms with van der Waals surface area (Å²) in [6.45, 7) is 0.0951. The fourth-order valence-corrected chi connectivity index (χ4v) is 4.33. The molecule has 1 aliphatic rings. The Balaban J connectivity index is 1.37. The number of carbonyl (C=O) groups is 3. The van der Waals surface area contributed by atoms with Gasteiger partial charge >= 0.3 is 12.1 Å². The molecule has 0 saturated carbocycles. The van der Waals surface area contributed by atoms with Crippen LogP contribution in [-0.4, -0.2) is 36.2 Å². The van der Waals surface area contributed by atoms with Gasteiger partial charge in [-0.05, 0) is 56.4 Å². The number of carboxylic acid groups (broad SMARTS) is 1. The first kappa shape index (κ1) is 23.1. The van der Waals surface area contributed by atoms with Crippen molar-refractivity contribution >= 4 is 39.6 Å². The standard InChI is InChI=1S/C26H19BrN2O5/c27-22-14-16(25(32)28-13-5-10-24(30)31)11-12-23(22)29-26(33)34-15-21-19-8-3-1-6-17(19)18-7-2-4-9-20(18)21/h1-4,6-9,11-12,14,21H,13,15H2,(H,28,32)(H,29,33)(H,30,31). The van der Waals surface area contributed by atoms with E-state index >= 15 is 0 Å². The topological polar surface area (TPSA) is 105 Å². The van der Waals surface area contributed by atoms with Crippen LogP contribution in [-0.2, 0) is 9.53 Å². The molecule has 0 aromatic heterocycles. The molecule has 3 N–H and O–H groups in total. The third-order valence-electron chi connectivity index (χ3n) is 5.34.